The molecule has 3 amide bonds. The number of imide groups is 1. The third-order valence-corrected chi connectivity index (χ3v) is 11.4. The molecule has 2 aliphatic carbocycles. The van der Waals surface area contributed by atoms with Gasteiger partial charge < -0.3 is 30.0 Å². The minimum atomic E-state index is -1.47. The number of hydrogen-bond acceptors (Lipinski definition) is 9. The fraction of sp³-hybridized carbons (Fsp3) is 0.615. The van der Waals surface area contributed by atoms with Crippen molar-refractivity contribution in [3.63, 3.8) is 0 Å². The van der Waals surface area contributed by atoms with Crippen molar-refractivity contribution >= 4 is 35.0 Å². The van der Waals surface area contributed by atoms with Crippen LogP contribution in [0.15, 0.2) is 42.5 Å². The molecule has 2 spiro atoms. The van der Waals surface area contributed by atoms with Crippen LogP contribution in [0.2, 0.25) is 5.02 Å². The number of fused-ring (bicyclic) bond motifs is 3. The number of nitrogens with two attached hydrogens (primary N) is 1. The topological polar surface area (TPSA) is 141 Å². The Balaban J connectivity index is 1.27. The lowest BCUT2D eigenvalue weighted by molar-refractivity contribution is -0.133. The van der Waals surface area contributed by atoms with Crippen molar-refractivity contribution < 1.29 is 37.7 Å². The summed E-state index contributed by atoms with van der Waals surface area (Å²) in [5.74, 6) is -2.75. The maximum atomic E-state index is 16.1. The SMILES string of the molecule is NCCOCCOCCOCCOCC(=O)N1C(=O)[C@@]2(c3ccc(Cl)cc31)[C@@H](c1ccccc1F)[C@H](C(=O)NC1CCCCC1)NC21CCCCC1. The summed E-state index contributed by atoms with van der Waals surface area (Å²) in [5.41, 5.74) is 4.18. The van der Waals surface area contributed by atoms with Crippen LogP contribution in [0.4, 0.5) is 10.1 Å². The smallest absolute Gasteiger partial charge is 0.259 e. The number of hydrogen-bond donors (Lipinski definition) is 3. The molecule has 2 aromatic carbocycles. The summed E-state index contributed by atoms with van der Waals surface area (Å²) >= 11 is 6.55. The van der Waals surface area contributed by atoms with Crippen molar-refractivity contribution in [3.05, 3.63) is 64.4 Å². The highest BCUT2D eigenvalue weighted by atomic mass is 35.5. The van der Waals surface area contributed by atoms with Gasteiger partial charge in [-0.3, -0.25) is 19.7 Å². The van der Waals surface area contributed by atoms with Gasteiger partial charge >= 0.3 is 0 Å². The van der Waals surface area contributed by atoms with E-state index < -0.39 is 40.5 Å². The molecule has 3 fully saturated rings. The van der Waals surface area contributed by atoms with E-state index in [0.717, 1.165) is 56.3 Å². The van der Waals surface area contributed by atoms with Crippen LogP contribution in [0.1, 0.15) is 81.3 Å². The van der Waals surface area contributed by atoms with Crippen molar-refractivity contribution in [1.29, 1.82) is 0 Å². The van der Waals surface area contributed by atoms with Crippen LogP contribution in [0.3, 0.4) is 0 Å². The highest BCUT2D eigenvalue weighted by Crippen LogP contribution is 2.64. The molecule has 1 saturated heterocycles. The van der Waals surface area contributed by atoms with Gasteiger partial charge in [0.1, 0.15) is 17.8 Å². The number of carbonyl (C=O) groups is 3. The lowest BCUT2D eigenvalue weighted by Gasteiger charge is -2.47. The van der Waals surface area contributed by atoms with Gasteiger partial charge in [-0.15, -0.1) is 0 Å². The summed E-state index contributed by atoms with van der Waals surface area (Å²) in [7, 11) is 0. The minimum Gasteiger partial charge on any atom is -0.378 e. The van der Waals surface area contributed by atoms with E-state index >= 15 is 9.18 Å². The Labute approximate surface area is 310 Å². The molecule has 4 aliphatic rings. The molecule has 0 unspecified atom stereocenters. The van der Waals surface area contributed by atoms with E-state index in [1.807, 2.05) is 0 Å². The fourth-order valence-corrected chi connectivity index (χ4v) is 9.20. The van der Waals surface area contributed by atoms with E-state index in [-0.39, 0.29) is 37.3 Å². The number of halogens is 2. The number of nitrogens with zero attached hydrogens (tertiary/aromatic N) is 1. The van der Waals surface area contributed by atoms with Gasteiger partial charge in [0.25, 0.3) is 5.91 Å². The number of benzene rings is 2. The van der Waals surface area contributed by atoms with E-state index in [4.69, 9.17) is 36.3 Å². The molecule has 52 heavy (non-hydrogen) atoms. The van der Waals surface area contributed by atoms with Crippen molar-refractivity contribution in [3.8, 4) is 0 Å². The highest BCUT2D eigenvalue weighted by Gasteiger charge is 2.74. The maximum absolute atomic E-state index is 16.1. The first-order valence-corrected chi connectivity index (χ1v) is 19.2. The van der Waals surface area contributed by atoms with Crippen LogP contribution < -0.4 is 21.3 Å². The summed E-state index contributed by atoms with van der Waals surface area (Å²) in [4.78, 5) is 45.1. The van der Waals surface area contributed by atoms with Gasteiger partial charge in [0.05, 0.1) is 58.0 Å². The summed E-state index contributed by atoms with van der Waals surface area (Å²) in [5, 5.41) is 7.32. The molecule has 4 N–H and O–H groups in total. The normalized spacial score (nSPS) is 24.1. The second-order valence-electron chi connectivity index (χ2n) is 14.3. The van der Waals surface area contributed by atoms with Gasteiger partial charge in [0.15, 0.2) is 0 Å². The lowest BCUT2D eigenvalue weighted by atomic mass is 9.55. The largest absolute Gasteiger partial charge is 0.378 e. The van der Waals surface area contributed by atoms with Crippen LogP contribution in [-0.2, 0) is 38.7 Å². The fourth-order valence-electron chi connectivity index (χ4n) is 9.03. The molecule has 2 aromatic rings. The Morgan fingerprint density at radius 1 is 0.885 bits per heavy atom. The summed E-state index contributed by atoms with van der Waals surface area (Å²) in [6.07, 6.45) is 8.73. The summed E-state index contributed by atoms with van der Waals surface area (Å²) in [6.45, 7) is 2.52. The van der Waals surface area contributed by atoms with Crippen LogP contribution >= 0.6 is 11.6 Å². The molecule has 284 valence electrons. The van der Waals surface area contributed by atoms with E-state index in [9.17, 15) is 9.59 Å². The van der Waals surface area contributed by atoms with Gasteiger partial charge in [-0.05, 0) is 55.0 Å². The van der Waals surface area contributed by atoms with Crippen molar-refractivity contribution in [2.24, 2.45) is 5.73 Å². The van der Waals surface area contributed by atoms with E-state index in [0.29, 0.717) is 68.7 Å². The predicted octanol–water partition coefficient (Wildman–Crippen LogP) is 4.52. The molecule has 0 radical (unpaired) electrons. The first-order chi connectivity index (χ1) is 25.3. The molecule has 2 saturated carbocycles. The standard InChI is InChI=1S/C39H52ClFN4O7/c40-27-13-14-30-32(25-27)45(33(46)26-52-24-23-51-22-21-50-20-19-49-18-17-42)37(48)39(30)34(29-11-5-6-12-31(29)41)35(44-38(39)15-7-2-8-16-38)36(47)43-28-9-3-1-4-10-28/h5-6,11-14,25,28,34-35,44H,1-4,7-10,15-24,26,42H2,(H,43,47)/t34-,35+,39+/m0/s1. The predicted molar refractivity (Wildman–Crippen MR) is 195 cm³/mol. The van der Waals surface area contributed by atoms with E-state index in [2.05, 4.69) is 10.6 Å². The molecular formula is C39H52ClFN4O7. The zero-order chi connectivity index (χ0) is 36.6. The number of amides is 3. The number of anilines is 1. The van der Waals surface area contributed by atoms with E-state index in [1.165, 1.54) is 6.07 Å². The quantitative estimate of drug-likeness (QED) is 0.212. The molecule has 6 rings (SSSR count). The van der Waals surface area contributed by atoms with Gasteiger partial charge in [0, 0.05) is 29.1 Å². The molecule has 11 nitrogen and oxygen atoms in total. The molecule has 0 aromatic heterocycles. The van der Waals surface area contributed by atoms with Gasteiger partial charge in [-0.25, -0.2) is 9.29 Å². The van der Waals surface area contributed by atoms with E-state index in [1.54, 1.807) is 36.4 Å². The van der Waals surface area contributed by atoms with Crippen LogP contribution in [0.25, 0.3) is 0 Å². The Morgan fingerprint density at radius 3 is 2.19 bits per heavy atom. The lowest BCUT2D eigenvalue weighted by Crippen LogP contribution is -2.62. The summed E-state index contributed by atoms with van der Waals surface area (Å²) < 4.78 is 38.1. The molecule has 13 heteroatoms. The number of ether oxygens (including phenoxy) is 4. The zero-order valence-electron chi connectivity index (χ0n) is 29.8. The van der Waals surface area contributed by atoms with Gasteiger partial charge in [0.2, 0.25) is 11.8 Å². The average molecular weight is 743 g/mol. The number of carbonyl (C=O) groups excluding carboxylic acids is 3. The van der Waals surface area contributed by atoms with Crippen molar-refractivity contribution in [2.75, 3.05) is 64.3 Å². The number of rotatable bonds is 16. The highest BCUT2D eigenvalue weighted by molar-refractivity contribution is 6.32. The Kier molecular flexibility index (Phi) is 13.3. The van der Waals surface area contributed by atoms with Crippen molar-refractivity contribution in [2.45, 2.75) is 93.2 Å². The molecule has 2 heterocycles. The second-order valence-corrected chi connectivity index (χ2v) is 14.7. The zero-order valence-corrected chi connectivity index (χ0v) is 30.6. The molecule has 0 bridgehead atoms. The maximum Gasteiger partial charge on any atom is 0.259 e. The third kappa shape index (κ3) is 7.80. The summed E-state index contributed by atoms with van der Waals surface area (Å²) in [6, 6.07) is 10.6. The minimum absolute atomic E-state index is 0.0151. The third-order valence-electron chi connectivity index (χ3n) is 11.2. The Morgan fingerprint density at radius 2 is 1.52 bits per heavy atom. The second kappa shape index (κ2) is 17.9. The molecular weight excluding hydrogens is 691 g/mol. The first-order valence-electron chi connectivity index (χ1n) is 18.8. The molecule has 2 aliphatic heterocycles. The average Bonchev–Trinajstić information content (AvgIpc) is 3.57. The van der Waals surface area contributed by atoms with Gasteiger partial charge in [-0.1, -0.05) is 74.4 Å². The molecule has 3 atom stereocenters. The Bertz CT molecular complexity index is 1550. The van der Waals surface area contributed by atoms with Crippen molar-refractivity contribution in [1.82, 2.24) is 10.6 Å². The first kappa shape index (κ1) is 38.7. The Hall–Kier alpha value is -2.97. The van der Waals surface area contributed by atoms with Crippen LogP contribution in [-0.4, -0.2) is 94.7 Å². The van der Waals surface area contributed by atoms with Crippen LogP contribution in [0, 0.1) is 5.82 Å². The monoisotopic (exact) mass is 742 g/mol. The van der Waals surface area contributed by atoms with Gasteiger partial charge in [-0.2, -0.15) is 0 Å². The number of nitrogens with one attached hydrogen (secondary N) is 2. The van der Waals surface area contributed by atoms with Crippen LogP contribution in [0.5, 0.6) is 0 Å².